The van der Waals surface area contributed by atoms with Gasteiger partial charge in [0.1, 0.15) is 18.8 Å². The lowest BCUT2D eigenvalue weighted by atomic mass is 10.1. The monoisotopic (exact) mass is 286 g/mol. The van der Waals surface area contributed by atoms with Gasteiger partial charge in [0.25, 0.3) is 0 Å². The van der Waals surface area contributed by atoms with Crippen LogP contribution in [0.5, 0.6) is 5.75 Å². The molecule has 0 amide bonds. The Kier molecular flexibility index (Phi) is 5.32. The third-order valence-electron chi connectivity index (χ3n) is 3.19. The second kappa shape index (κ2) is 7.43. The molecule has 110 valence electrons. The fourth-order valence-corrected chi connectivity index (χ4v) is 1.98. The summed E-state index contributed by atoms with van der Waals surface area (Å²) in [7, 11) is 1.26. The number of hydrogen-bond donors (Lipinski definition) is 0. The van der Waals surface area contributed by atoms with Crippen molar-refractivity contribution in [1.82, 2.24) is 0 Å². The van der Waals surface area contributed by atoms with Crippen molar-refractivity contribution in [1.29, 1.82) is 0 Å². The van der Waals surface area contributed by atoms with Crippen LogP contribution in [0.4, 0.5) is 0 Å². The zero-order chi connectivity index (χ0) is 15.1. The van der Waals surface area contributed by atoms with Gasteiger partial charge in [0.2, 0.25) is 0 Å². The summed E-state index contributed by atoms with van der Waals surface area (Å²) in [4.78, 5) is 22.8. The molecule has 1 aromatic rings. The van der Waals surface area contributed by atoms with Crippen molar-refractivity contribution >= 4 is 11.8 Å². The van der Waals surface area contributed by atoms with Crippen LogP contribution >= 0.6 is 0 Å². The maximum absolute atomic E-state index is 11.8. The maximum atomic E-state index is 11.8. The van der Waals surface area contributed by atoms with Crippen LogP contribution in [-0.2, 0) is 9.53 Å². The summed E-state index contributed by atoms with van der Waals surface area (Å²) in [5.74, 6) is -0.0906. The first-order valence-corrected chi connectivity index (χ1v) is 6.87. The van der Waals surface area contributed by atoms with E-state index < -0.39 is 5.97 Å². The standard InChI is InChI=1S/C17H18O4/c1-20-17(19)11-16(18)14-7-9-15(10-8-14)21-12-13-5-3-2-4-6-13/h3,5-10H,2,4,11-12H2,1H3. The lowest BCUT2D eigenvalue weighted by Crippen LogP contribution is -2.09. The molecule has 0 saturated carbocycles. The normalized spacial score (nSPS) is 13.5. The molecule has 1 aliphatic rings. The molecule has 4 heteroatoms. The Morgan fingerprint density at radius 1 is 1.14 bits per heavy atom. The third kappa shape index (κ3) is 4.60. The second-order valence-corrected chi connectivity index (χ2v) is 4.75. The average Bonchev–Trinajstić information content (AvgIpc) is 2.54. The second-order valence-electron chi connectivity index (χ2n) is 4.75. The minimum Gasteiger partial charge on any atom is -0.489 e. The molecule has 0 atom stereocenters. The van der Waals surface area contributed by atoms with Crippen LogP contribution in [0.2, 0.25) is 0 Å². The molecule has 0 spiro atoms. The summed E-state index contributed by atoms with van der Waals surface area (Å²) in [6.07, 6.45) is 8.25. The number of Topliss-reactive ketones (excluding diaryl/α,β-unsaturated/α-hetero) is 1. The summed E-state index contributed by atoms with van der Waals surface area (Å²) >= 11 is 0. The van der Waals surface area contributed by atoms with Crippen LogP contribution in [0.25, 0.3) is 0 Å². The average molecular weight is 286 g/mol. The highest BCUT2D eigenvalue weighted by Gasteiger charge is 2.11. The number of esters is 1. The summed E-state index contributed by atoms with van der Waals surface area (Å²) in [5, 5.41) is 0. The number of hydrogen-bond acceptors (Lipinski definition) is 4. The smallest absolute Gasteiger partial charge is 0.313 e. The van der Waals surface area contributed by atoms with E-state index in [1.54, 1.807) is 24.3 Å². The predicted molar refractivity (Wildman–Crippen MR) is 79.4 cm³/mol. The first-order chi connectivity index (χ1) is 10.2. The van der Waals surface area contributed by atoms with Gasteiger partial charge in [0.15, 0.2) is 5.78 Å². The summed E-state index contributed by atoms with van der Waals surface area (Å²) in [5.41, 5.74) is 1.64. The highest BCUT2D eigenvalue weighted by atomic mass is 16.5. The van der Waals surface area contributed by atoms with Gasteiger partial charge in [-0.15, -0.1) is 0 Å². The van der Waals surface area contributed by atoms with Gasteiger partial charge in [0.05, 0.1) is 7.11 Å². The minimum absolute atomic E-state index is 0.242. The number of carbonyl (C=O) groups is 2. The summed E-state index contributed by atoms with van der Waals surface area (Å²) < 4.78 is 10.1. The van der Waals surface area contributed by atoms with Crippen LogP contribution < -0.4 is 4.74 Å². The van der Waals surface area contributed by atoms with Gasteiger partial charge in [-0.25, -0.2) is 0 Å². The molecule has 0 fully saturated rings. The van der Waals surface area contributed by atoms with Gasteiger partial charge >= 0.3 is 5.97 Å². The molecule has 1 aromatic carbocycles. The first kappa shape index (κ1) is 15.0. The molecule has 4 nitrogen and oxygen atoms in total. The molecule has 2 rings (SSSR count). The van der Waals surface area contributed by atoms with E-state index in [1.807, 2.05) is 0 Å². The Morgan fingerprint density at radius 3 is 2.52 bits per heavy atom. The molecular formula is C17H18O4. The van der Waals surface area contributed by atoms with Gasteiger partial charge in [-0.1, -0.05) is 18.2 Å². The molecule has 0 aromatic heterocycles. The van der Waals surface area contributed by atoms with E-state index in [2.05, 4.69) is 23.0 Å². The van der Waals surface area contributed by atoms with Crippen molar-refractivity contribution < 1.29 is 19.1 Å². The highest BCUT2D eigenvalue weighted by molar-refractivity contribution is 6.05. The van der Waals surface area contributed by atoms with Crippen molar-refractivity contribution in [3.05, 3.63) is 53.6 Å². The molecule has 0 heterocycles. The molecule has 1 aliphatic carbocycles. The van der Waals surface area contributed by atoms with E-state index in [1.165, 1.54) is 7.11 Å². The van der Waals surface area contributed by atoms with Crippen molar-refractivity contribution in [2.24, 2.45) is 0 Å². The van der Waals surface area contributed by atoms with E-state index in [-0.39, 0.29) is 12.2 Å². The molecule has 21 heavy (non-hydrogen) atoms. The quantitative estimate of drug-likeness (QED) is 0.458. The van der Waals surface area contributed by atoms with E-state index in [0.29, 0.717) is 17.9 Å². The molecule has 0 bridgehead atoms. The fourth-order valence-electron chi connectivity index (χ4n) is 1.98. The molecule has 0 N–H and O–H groups in total. The van der Waals surface area contributed by atoms with Crippen molar-refractivity contribution in [2.45, 2.75) is 19.3 Å². The van der Waals surface area contributed by atoms with Gasteiger partial charge in [-0.05, 0) is 42.7 Å². The van der Waals surface area contributed by atoms with E-state index in [9.17, 15) is 9.59 Å². The number of allylic oxidation sites excluding steroid dienone is 2. The Hall–Kier alpha value is -2.36. The summed E-state index contributed by atoms with van der Waals surface area (Å²) in [6, 6.07) is 6.78. The Bertz CT molecular complexity index is 567. The van der Waals surface area contributed by atoms with Crippen LogP contribution in [0.1, 0.15) is 29.6 Å². The van der Waals surface area contributed by atoms with E-state index >= 15 is 0 Å². The van der Waals surface area contributed by atoms with Crippen molar-refractivity contribution in [3.63, 3.8) is 0 Å². The van der Waals surface area contributed by atoms with Crippen LogP contribution in [0, 0.1) is 0 Å². The first-order valence-electron chi connectivity index (χ1n) is 6.87. The molecule has 0 unspecified atom stereocenters. The van der Waals surface area contributed by atoms with Gasteiger partial charge in [0, 0.05) is 5.56 Å². The lowest BCUT2D eigenvalue weighted by Gasteiger charge is -2.09. The van der Waals surface area contributed by atoms with Crippen molar-refractivity contribution in [3.8, 4) is 5.75 Å². The zero-order valence-electron chi connectivity index (χ0n) is 12.0. The summed E-state index contributed by atoms with van der Waals surface area (Å²) in [6.45, 7) is 0.520. The van der Waals surface area contributed by atoms with Crippen LogP contribution in [0.3, 0.4) is 0 Å². The highest BCUT2D eigenvalue weighted by Crippen LogP contribution is 2.16. The number of benzene rings is 1. The number of ether oxygens (including phenoxy) is 2. The van der Waals surface area contributed by atoms with Crippen LogP contribution in [-0.4, -0.2) is 25.5 Å². The van der Waals surface area contributed by atoms with Gasteiger partial charge in [-0.3, -0.25) is 9.59 Å². The predicted octanol–water partition coefficient (Wildman–Crippen LogP) is 3.09. The molecule has 0 aliphatic heterocycles. The zero-order valence-corrected chi connectivity index (χ0v) is 12.0. The SMILES string of the molecule is COC(=O)CC(=O)c1ccc(OCC2=CCCC=C2)cc1. The lowest BCUT2D eigenvalue weighted by molar-refractivity contribution is -0.139. The van der Waals surface area contributed by atoms with E-state index in [4.69, 9.17) is 4.74 Å². The Labute approximate surface area is 124 Å². The Balaban J connectivity index is 1.89. The molecular weight excluding hydrogens is 268 g/mol. The van der Waals surface area contributed by atoms with Gasteiger partial charge < -0.3 is 9.47 Å². The van der Waals surface area contributed by atoms with E-state index in [0.717, 1.165) is 18.4 Å². The third-order valence-corrected chi connectivity index (χ3v) is 3.19. The number of rotatable bonds is 6. The molecule has 0 radical (unpaired) electrons. The topological polar surface area (TPSA) is 52.6 Å². The molecule has 0 saturated heterocycles. The largest absolute Gasteiger partial charge is 0.489 e. The maximum Gasteiger partial charge on any atom is 0.313 e. The number of ketones is 1. The Morgan fingerprint density at radius 2 is 1.90 bits per heavy atom. The number of methoxy groups -OCH3 is 1. The van der Waals surface area contributed by atoms with Gasteiger partial charge in [-0.2, -0.15) is 0 Å². The fraction of sp³-hybridized carbons (Fsp3) is 0.294. The minimum atomic E-state index is -0.531. The van der Waals surface area contributed by atoms with Crippen molar-refractivity contribution in [2.75, 3.05) is 13.7 Å². The van der Waals surface area contributed by atoms with Crippen LogP contribution in [0.15, 0.2) is 48.1 Å². The number of carbonyl (C=O) groups excluding carboxylic acids is 2.